The van der Waals surface area contributed by atoms with E-state index in [9.17, 15) is 8.42 Å². The second-order valence-corrected chi connectivity index (χ2v) is 6.27. The lowest BCUT2D eigenvalue weighted by atomic mass is 10.0. The Balaban J connectivity index is 2.41. The summed E-state index contributed by atoms with van der Waals surface area (Å²) >= 11 is 0. The lowest BCUT2D eigenvalue weighted by molar-refractivity contribution is 0.117. The van der Waals surface area contributed by atoms with E-state index in [1.807, 2.05) is 6.92 Å². The molecule has 90 valence electrons. The van der Waals surface area contributed by atoms with Gasteiger partial charge < -0.3 is 9.30 Å². The van der Waals surface area contributed by atoms with E-state index in [2.05, 4.69) is 10.2 Å². The molecular weight excluding hydrogens is 254 g/mol. The van der Waals surface area contributed by atoms with Crippen LogP contribution in [0.3, 0.4) is 0 Å². The number of aromatic nitrogens is 3. The molecule has 16 heavy (non-hydrogen) atoms. The summed E-state index contributed by atoms with van der Waals surface area (Å²) in [6, 6.07) is 0. The van der Waals surface area contributed by atoms with Gasteiger partial charge in [-0.25, -0.2) is 8.42 Å². The summed E-state index contributed by atoms with van der Waals surface area (Å²) < 4.78 is 29.2. The average Bonchev–Trinajstić information content (AvgIpc) is 2.70. The van der Waals surface area contributed by atoms with Gasteiger partial charge in [0.15, 0.2) is 0 Å². The second kappa shape index (κ2) is 3.97. The number of rotatable bonds is 2. The van der Waals surface area contributed by atoms with Crippen LogP contribution in [-0.4, -0.2) is 35.9 Å². The molecule has 0 aromatic carbocycles. The fraction of sp³-hybridized carbons (Fsp3) is 0.750. The molecule has 6 nitrogen and oxygen atoms in total. The van der Waals surface area contributed by atoms with Crippen LogP contribution < -0.4 is 0 Å². The monoisotopic (exact) mass is 265 g/mol. The molecule has 0 aliphatic carbocycles. The van der Waals surface area contributed by atoms with Crippen LogP contribution in [0.2, 0.25) is 0 Å². The molecule has 2 heterocycles. The lowest BCUT2D eigenvalue weighted by Crippen LogP contribution is -2.15. The molecule has 0 saturated carbocycles. The lowest BCUT2D eigenvalue weighted by Gasteiger charge is -2.12. The molecule has 1 fully saturated rings. The van der Waals surface area contributed by atoms with E-state index in [4.69, 9.17) is 15.4 Å². The summed E-state index contributed by atoms with van der Waals surface area (Å²) in [5, 5.41) is 7.27. The Morgan fingerprint density at radius 1 is 1.50 bits per heavy atom. The minimum absolute atomic E-state index is 0.0220. The van der Waals surface area contributed by atoms with Gasteiger partial charge >= 0.3 is 0 Å². The minimum atomic E-state index is -3.84. The van der Waals surface area contributed by atoms with Crippen LogP contribution in [0, 0.1) is 0 Å². The standard InChI is InChI=1S/C8H12ClN3O3S/c1-5-6(3-4-15-5)7-10-11-8(12(7)2)16(9,13)14/h5-6H,3-4H2,1-2H3. The third-order valence-corrected chi connectivity index (χ3v) is 4.00. The number of hydrogen-bond acceptors (Lipinski definition) is 5. The van der Waals surface area contributed by atoms with Gasteiger partial charge in [0, 0.05) is 30.3 Å². The molecule has 0 N–H and O–H groups in total. The number of hydrogen-bond donors (Lipinski definition) is 0. The van der Waals surface area contributed by atoms with Crippen molar-refractivity contribution in [2.24, 2.45) is 7.05 Å². The van der Waals surface area contributed by atoms with Crippen LogP contribution in [0.5, 0.6) is 0 Å². The first-order valence-corrected chi connectivity index (χ1v) is 7.17. The SMILES string of the molecule is CC1OCCC1c1nnc(S(=O)(=O)Cl)n1C. The maximum absolute atomic E-state index is 11.2. The summed E-state index contributed by atoms with van der Waals surface area (Å²) in [7, 11) is 2.99. The van der Waals surface area contributed by atoms with Gasteiger partial charge in [-0.2, -0.15) is 0 Å². The Hall–Kier alpha value is -0.660. The van der Waals surface area contributed by atoms with Crippen LogP contribution in [0.4, 0.5) is 0 Å². The molecular formula is C8H12ClN3O3S. The van der Waals surface area contributed by atoms with Crippen LogP contribution >= 0.6 is 10.7 Å². The summed E-state index contributed by atoms with van der Waals surface area (Å²) in [5.74, 6) is 0.675. The third-order valence-electron chi connectivity index (χ3n) is 2.79. The molecule has 0 bridgehead atoms. The Labute approximate surface area is 98.0 Å². The van der Waals surface area contributed by atoms with Crippen molar-refractivity contribution in [1.82, 2.24) is 14.8 Å². The van der Waals surface area contributed by atoms with Gasteiger partial charge in [0.1, 0.15) is 5.82 Å². The van der Waals surface area contributed by atoms with Crippen molar-refractivity contribution in [3.05, 3.63) is 5.82 Å². The highest BCUT2D eigenvalue weighted by Crippen LogP contribution is 2.30. The normalized spacial score (nSPS) is 26.2. The van der Waals surface area contributed by atoms with Gasteiger partial charge in [0.25, 0.3) is 14.2 Å². The average molecular weight is 266 g/mol. The summed E-state index contributed by atoms with van der Waals surface area (Å²) in [6.07, 6.45) is 0.837. The van der Waals surface area contributed by atoms with Crippen molar-refractivity contribution < 1.29 is 13.2 Å². The van der Waals surface area contributed by atoms with Crippen LogP contribution in [0.1, 0.15) is 25.1 Å². The first-order chi connectivity index (χ1) is 7.41. The molecule has 0 radical (unpaired) electrons. The summed E-state index contributed by atoms with van der Waals surface area (Å²) in [5.41, 5.74) is 0. The molecule has 8 heteroatoms. The topological polar surface area (TPSA) is 74.1 Å². The Kier molecular flexibility index (Phi) is 2.93. The van der Waals surface area contributed by atoms with Crippen LogP contribution in [-0.2, 0) is 20.8 Å². The van der Waals surface area contributed by atoms with Gasteiger partial charge in [0.05, 0.1) is 6.10 Å². The zero-order valence-corrected chi connectivity index (χ0v) is 10.5. The zero-order chi connectivity index (χ0) is 11.9. The molecule has 1 aromatic rings. The minimum Gasteiger partial charge on any atom is -0.378 e. The highest BCUT2D eigenvalue weighted by Gasteiger charge is 2.32. The molecule has 1 aromatic heterocycles. The van der Waals surface area contributed by atoms with Crippen LogP contribution in [0.15, 0.2) is 5.16 Å². The molecule has 0 spiro atoms. The predicted octanol–water partition coefficient (Wildman–Crippen LogP) is 0.635. The number of halogens is 1. The largest absolute Gasteiger partial charge is 0.378 e. The van der Waals surface area contributed by atoms with Crippen molar-refractivity contribution in [3.8, 4) is 0 Å². The van der Waals surface area contributed by atoms with E-state index in [1.165, 1.54) is 4.57 Å². The molecule has 1 aliphatic heterocycles. The van der Waals surface area contributed by atoms with E-state index in [1.54, 1.807) is 7.05 Å². The van der Waals surface area contributed by atoms with Crippen molar-refractivity contribution in [1.29, 1.82) is 0 Å². The highest BCUT2D eigenvalue weighted by atomic mass is 35.7. The Morgan fingerprint density at radius 2 is 2.19 bits per heavy atom. The molecule has 2 unspecified atom stereocenters. The molecule has 1 aliphatic rings. The molecule has 0 amide bonds. The fourth-order valence-electron chi connectivity index (χ4n) is 1.93. The van der Waals surface area contributed by atoms with Crippen molar-refractivity contribution in [2.45, 2.75) is 30.5 Å². The first kappa shape index (κ1) is 11.8. The van der Waals surface area contributed by atoms with E-state index in [-0.39, 0.29) is 17.2 Å². The Bertz CT molecular complexity index is 499. The van der Waals surface area contributed by atoms with E-state index >= 15 is 0 Å². The van der Waals surface area contributed by atoms with Crippen molar-refractivity contribution >= 4 is 19.7 Å². The predicted molar refractivity (Wildman–Crippen MR) is 56.8 cm³/mol. The number of nitrogens with zero attached hydrogens (tertiary/aromatic N) is 3. The van der Waals surface area contributed by atoms with Gasteiger partial charge in [-0.05, 0) is 13.3 Å². The molecule has 1 saturated heterocycles. The van der Waals surface area contributed by atoms with Gasteiger partial charge in [-0.1, -0.05) is 0 Å². The number of ether oxygens (including phenoxy) is 1. The smallest absolute Gasteiger partial charge is 0.296 e. The molecule has 2 rings (SSSR count). The van der Waals surface area contributed by atoms with E-state index in [0.717, 1.165) is 6.42 Å². The third kappa shape index (κ3) is 1.94. The molecule has 2 atom stereocenters. The zero-order valence-electron chi connectivity index (χ0n) is 8.92. The maximum atomic E-state index is 11.2. The first-order valence-electron chi connectivity index (χ1n) is 4.87. The maximum Gasteiger partial charge on any atom is 0.296 e. The van der Waals surface area contributed by atoms with Crippen molar-refractivity contribution in [2.75, 3.05) is 6.61 Å². The van der Waals surface area contributed by atoms with Gasteiger partial charge in [-0.3, -0.25) is 0 Å². The Morgan fingerprint density at radius 3 is 2.62 bits per heavy atom. The van der Waals surface area contributed by atoms with Crippen molar-refractivity contribution in [3.63, 3.8) is 0 Å². The van der Waals surface area contributed by atoms with Gasteiger partial charge in [-0.15, -0.1) is 10.2 Å². The fourth-order valence-corrected chi connectivity index (χ4v) is 2.89. The summed E-state index contributed by atoms with van der Waals surface area (Å²) in [4.78, 5) is 0. The van der Waals surface area contributed by atoms with E-state index < -0.39 is 9.05 Å². The van der Waals surface area contributed by atoms with E-state index in [0.29, 0.717) is 12.4 Å². The highest BCUT2D eigenvalue weighted by molar-refractivity contribution is 8.13. The second-order valence-electron chi connectivity index (χ2n) is 3.81. The van der Waals surface area contributed by atoms with Gasteiger partial charge in [0.2, 0.25) is 0 Å². The summed E-state index contributed by atoms with van der Waals surface area (Å²) in [6.45, 7) is 2.59. The quantitative estimate of drug-likeness (QED) is 0.734. The van der Waals surface area contributed by atoms with Crippen LogP contribution in [0.25, 0.3) is 0 Å².